The van der Waals surface area contributed by atoms with Gasteiger partial charge in [-0.25, -0.2) is 0 Å². The van der Waals surface area contributed by atoms with Crippen LogP contribution < -0.4 is 5.32 Å². The third kappa shape index (κ3) is 7.14. The fourth-order valence-electron chi connectivity index (χ4n) is 1.93. The third-order valence-corrected chi connectivity index (χ3v) is 3.29. The summed E-state index contributed by atoms with van der Waals surface area (Å²) in [6.45, 7) is 4.68. The zero-order valence-corrected chi connectivity index (χ0v) is 12.6. The minimum absolute atomic E-state index is 0.104. The van der Waals surface area contributed by atoms with Crippen LogP contribution in [-0.4, -0.2) is 42.6 Å². The molecule has 0 unspecified atom stereocenters. The molecule has 0 saturated carbocycles. The molecule has 0 aliphatic carbocycles. The molecule has 2 N–H and O–H groups in total. The number of unbranched alkanes of at least 4 members (excludes halogenated alkanes) is 1. The summed E-state index contributed by atoms with van der Waals surface area (Å²) in [6, 6.07) is 7.08. The Bertz CT molecular complexity index is 390. The van der Waals surface area contributed by atoms with Crippen molar-refractivity contribution in [3.63, 3.8) is 0 Å². The highest BCUT2D eigenvalue weighted by Gasteiger charge is 2.04. The number of carbonyl (C=O) groups is 1. The van der Waals surface area contributed by atoms with E-state index in [-0.39, 0.29) is 11.7 Å². The summed E-state index contributed by atoms with van der Waals surface area (Å²) in [5.74, 6) is 0.375. The van der Waals surface area contributed by atoms with E-state index < -0.39 is 0 Å². The molecule has 1 aromatic carbocycles. The van der Waals surface area contributed by atoms with Crippen LogP contribution in [0.2, 0.25) is 0 Å². The van der Waals surface area contributed by atoms with Crippen molar-refractivity contribution in [2.24, 2.45) is 0 Å². The van der Waals surface area contributed by atoms with E-state index in [4.69, 9.17) is 0 Å². The van der Waals surface area contributed by atoms with Crippen LogP contribution in [0.15, 0.2) is 24.3 Å². The molecule has 0 aromatic heterocycles. The maximum Gasteiger partial charge on any atom is 0.221 e. The second kappa shape index (κ2) is 9.37. The van der Waals surface area contributed by atoms with Gasteiger partial charge in [-0.05, 0) is 44.1 Å². The van der Waals surface area contributed by atoms with Crippen molar-refractivity contribution in [1.29, 1.82) is 0 Å². The van der Waals surface area contributed by atoms with Crippen LogP contribution in [0.5, 0.6) is 5.75 Å². The molecule has 0 atom stereocenters. The van der Waals surface area contributed by atoms with Gasteiger partial charge in [-0.3, -0.25) is 4.79 Å². The van der Waals surface area contributed by atoms with E-state index in [0.29, 0.717) is 13.0 Å². The first-order valence-corrected chi connectivity index (χ1v) is 7.35. The molecule has 1 aromatic rings. The van der Waals surface area contributed by atoms with Gasteiger partial charge in [0, 0.05) is 19.5 Å². The van der Waals surface area contributed by atoms with Gasteiger partial charge in [0.15, 0.2) is 0 Å². The predicted molar refractivity (Wildman–Crippen MR) is 81.8 cm³/mol. The fourth-order valence-corrected chi connectivity index (χ4v) is 1.93. The highest BCUT2D eigenvalue weighted by atomic mass is 16.3. The van der Waals surface area contributed by atoms with Gasteiger partial charge in [0.2, 0.25) is 5.91 Å². The maximum atomic E-state index is 11.7. The minimum atomic E-state index is 0.104. The van der Waals surface area contributed by atoms with E-state index in [0.717, 1.165) is 25.1 Å². The Morgan fingerprint density at radius 3 is 2.60 bits per heavy atom. The summed E-state index contributed by atoms with van der Waals surface area (Å²) >= 11 is 0. The van der Waals surface area contributed by atoms with Gasteiger partial charge in [0.1, 0.15) is 5.75 Å². The monoisotopic (exact) mass is 278 g/mol. The molecule has 4 nitrogen and oxygen atoms in total. The molecule has 0 spiro atoms. The molecule has 112 valence electrons. The maximum absolute atomic E-state index is 11.7. The van der Waals surface area contributed by atoms with Crippen LogP contribution in [0.25, 0.3) is 0 Å². The summed E-state index contributed by atoms with van der Waals surface area (Å²) < 4.78 is 0. The number of rotatable bonds is 9. The Morgan fingerprint density at radius 2 is 1.95 bits per heavy atom. The number of amides is 1. The molecule has 0 fully saturated rings. The van der Waals surface area contributed by atoms with Crippen molar-refractivity contribution in [1.82, 2.24) is 10.2 Å². The molecule has 0 aliphatic rings. The van der Waals surface area contributed by atoms with Crippen LogP contribution in [0, 0.1) is 0 Å². The lowest BCUT2D eigenvalue weighted by Gasteiger charge is -2.15. The van der Waals surface area contributed by atoms with Crippen LogP contribution in [0.4, 0.5) is 0 Å². The molecule has 4 heteroatoms. The molecule has 0 bridgehead atoms. The average Bonchev–Trinajstić information content (AvgIpc) is 2.45. The molecular weight excluding hydrogens is 252 g/mol. The summed E-state index contributed by atoms with van der Waals surface area (Å²) in [6.07, 6.45) is 3.70. The summed E-state index contributed by atoms with van der Waals surface area (Å²) in [4.78, 5) is 13.9. The second-order valence-corrected chi connectivity index (χ2v) is 5.17. The second-order valence-electron chi connectivity index (χ2n) is 5.17. The Morgan fingerprint density at radius 1 is 1.25 bits per heavy atom. The molecule has 0 aliphatic heterocycles. The Balaban J connectivity index is 2.12. The number of phenols is 1. The van der Waals surface area contributed by atoms with Gasteiger partial charge in [-0.15, -0.1) is 0 Å². The molecule has 1 rings (SSSR count). The standard InChI is InChI=1S/C16H26N2O2/c1-3-4-12-18(2)13-10-16(20)17-11-9-14-5-7-15(19)8-6-14/h5-8,19H,3-4,9-13H2,1-2H3,(H,17,20). The van der Waals surface area contributed by atoms with Gasteiger partial charge in [0.25, 0.3) is 0 Å². The van der Waals surface area contributed by atoms with Crippen molar-refractivity contribution in [3.8, 4) is 5.75 Å². The molecule has 20 heavy (non-hydrogen) atoms. The number of hydrogen-bond donors (Lipinski definition) is 2. The first kappa shape index (κ1) is 16.5. The average molecular weight is 278 g/mol. The van der Waals surface area contributed by atoms with Crippen LogP contribution >= 0.6 is 0 Å². The van der Waals surface area contributed by atoms with Crippen molar-refractivity contribution in [2.75, 3.05) is 26.7 Å². The van der Waals surface area contributed by atoms with E-state index in [1.807, 2.05) is 12.1 Å². The van der Waals surface area contributed by atoms with Crippen molar-refractivity contribution < 1.29 is 9.90 Å². The number of nitrogens with one attached hydrogen (secondary N) is 1. The van der Waals surface area contributed by atoms with Gasteiger partial charge in [-0.1, -0.05) is 25.5 Å². The Hall–Kier alpha value is -1.55. The first-order chi connectivity index (χ1) is 9.61. The van der Waals surface area contributed by atoms with Crippen molar-refractivity contribution in [2.45, 2.75) is 32.6 Å². The lowest BCUT2D eigenvalue weighted by Crippen LogP contribution is -2.30. The highest BCUT2D eigenvalue weighted by Crippen LogP contribution is 2.09. The smallest absolute Gasteiger partial charge is 0.221 e. The first-order valence-electron chi connectivity index (χ1n) is 7.35. The number of benzene rings is 1. The predicted octanol–water partition coefficient (Wildman–Crippen LogP) is 2.17. The fraction of sp³-hybridized carbons (Fsp3) is 0.562. The summed E-state index contributed by atoms with van der Waals surface area (Å²) in [5, 5.41) is 12.1. The molecule has 0 saturated heterocycles. The lowest BCUT2D eigenvalue weighted by atomic mass is 10.1. The van der Waals surface area contributed by atoms with Gasteiger partial charge in [0.05, 0.1) is 0 Å². The minimum Gasteiger partial charge on any atom is -0.508 e. The van der Waals surface area contributed by atoms with E-state index in [2.05, 4.69) is 24.2 Å². The van der Waals surface area contributed by atoms with Crippen LogP contribution in [0.1, 0.15) is 31.7 Å². The number of carbonyl (C=O) groups excluding carboxylic acids is 1. The topological polar surface area (TPSA) is 52.6 Å². The Kier molecular flexibility index (Phi) is 7.73. The Labute approximate surface area is 121 Å². The van der Waals surface area contributed by atoms with Crippen LogP contribution in [-0.2, 0) is 11.2 Å². The van der Waals surface area contributed by atoms with Crippen LogP contribution in [0.3, 0.4) is 0 Å². The van der Waals surface area contributed by atoms with E-state index in [9.17, 15) is 9.90 Å². The quantitative estimate of drug-likeness (QED) is 0.728. The number of phenolic OH excluding ortho intramolecular Hbond substituents is 1. The molecular formula is C16H26N2O2. The van der Waals surface area contributed by atoms with Crippen molar-refractivity contribution in [3.05, 3.63) is 29.8 Å². The molecule has 0 radical (unpaired) electrons. The number of aromatic hydroxyl groups is 1. The normalized spacial score (nSPS) is 10.8. The zero-order chi connectivity index (χ0) is 14.8. The van der Waals surface area contributed by atoms with Gasteiger partial charge < -0.3 is 15.3 Å². The van der Waals surface area contributed by atoms with Crippen molar-refractivity contribution >= 4 is 5.91 Å². The largest absolute Gasteiger partial charge is 0.508 e. The zero-order valence-electron chi connectivity index (χ0n) is 12.6. The van der Waals surface area contributed by atoms with Gasteiger partial charge in [-0.2, -0.15) is 0 Å². The van der Waals surface area contributed by atoms with E-state index in [1.165, 1.54) is 12.8 Å². The highest BCUT2D eigenvalue weighted by molar-refractivity contribution is 5.76. The lowest BCUT2D eigenvalue weighted by molar-refractivity contribution is -0.121. The van der Waals surface area contributed by atoms with Gasteiger partial charge >= 0.3 is 0 Å². The molecule has 0 heterocycles. The summed E-state index contributed by atoms with van der Waals surface area (Å²) in [5.41, 5.74) is 1.11. The molecule has 1 amide bonds. The SMILES string of the molecule is CCCCN(C)CCC(=O)NCCc1ccc(O)cc1. The van der Waals surface area contributed by atoms with E-state index in [1.54, 1.807) is 12.1 Å². The number of nitrogens with zero attached hydrogens (tertiary/aromatic N) is 1. The number of hydrogen-bond acceptors (Lipinski definition) is 3. The van der Waals surface area contributed by atoms with E-state index >= 15 is 0 Å². The summed E-state index contributed by atoms with van der Waals surface area (Å²) in [7, 11) is 2.05. The third-order valence-electron chi connectivity index (χ3n) is 3.29.